The molecule has 0 saturated heterocycles. The number of carbonyl (C=O) groups excluding carboxylic acids is 3. The average molecular weight is 426 g/mol. The molecule has 0 N–H and O–H groups in total. The van der Waals surface area contributed by atoms with E-state index in [2.05, 4.69) is 0 Å². The zero-order valence-corrected chi connectivity index (χ0v) is 18.0. The van der Waals surface area contributed by atoms with Crippen LogP contribution < -0.4 is 0 Å². The molecule has 2 saturated carbocycles. The fraction of sp³-hybridized carbons (Fsp3) is 0.480. The van der Waals surface area contributed by atoms with Gasteiger partial charge in [-0.2, -0.15) is 0 Å². The van der Waals surface area contributed by atoms with E-state index in [0.717, 1.165) is 36.2 Å². The number of hydrogen-bond donors (Lipinski definition) is 0. The highest BCUT2D eigenvalue weighted by Crippen LogP contribution is 2.40. The SMILES string of the molecule is Cc1cc(C(=O)COC(=O)C2CC3CCCC(C2)C3=O)c(C)n1Cc1ccc(F)cc1. The molecule has 6 heteroatoms. The molecule has 2 aliphatic carbocycles. The molecule has 2 unspecified atom stereocenters. The summed E-state index contributed by atoms with van der Waals surface area (Å²) in [6.07, 6.45) is 3.87. The van der Waals surface area contributed by atoms with Crippen molar-refractivity contribution in [3.63, 3.8) is 0 Å². The Labute approximate surface area is 181 Å². The molecule has 2 fully saturated rings. The van der Waals surface area contributed by atoms with Crippen LogP contribution in [-0.2, 0) is 20.9 Å². The molecule has 0 aliphatic heterocycles. The number of fused-ring (bicyclic) bond motifs is 2. The second-order valence-corrected chi connectivity index (χ2v) is 8.92. The van der Waals surface area contributed by atoms with Gasteiger partial charge in [-0.1, -0.05) is 18.6 Å². The van der Waals surface area contributed by atoms with Crippen LogP contribution in [0.2, 0.25) is 0 Å². The van der Waals surface area contributed by atoms with Crippen LogP contribution in [-0.4, -0.2) is 28.7 Å². The van der Waals surface area contributed by atoms with Gasteiger partial charge in [0.2, 0.25) is 5.78 Å². The first-order valence-electron chi connectivity index (χ1n) is 11.0. The van der Waals surface area contributed by atoms with Crippen LogP contribution in [0.4, 0.5) is 4.39 Å². The number of ether oxygens (including phenoxy) is 1. The van der Waals surface area contributed by atoms with Crippen LogP contribution in [0.1, 0.15) is 59.4 Å². The topological polar surface area (TPSA) is 65.4 Å². The van der Waals surface area contributed by atoms with E-state index in [0.29, 0.717) is 30.7 Å². The number of ketones is 2. The van der Waals surface area contributed by atoms with Crippen molar-refractivity contribution in [2.45, 2.75) is 52.5 Å². The zero-order valence-electron chi connectivity index (χ0n) is 18.0. The minimum Gasteiger partial charge on any atom is -0.457 e. The third-order valence-corrected chi connectivity index (χ3v) is 6.85. The summed E-state index contributed by atoms with van der Waals surface area (Å²) in [6, 6.07) is 8.09. The van der Waals surface area contributed by atoms with E-state index in [1.54, 1.807) is 18.2 Å². The Kier molecular flexibility index (Phi) is 6.08. The number of aryl methyl sites for hydroxylation is 1. The lowest BCUT2D eigenvalue weighted by Gasteiger charge is -2.36. The van der Waals surface area contributed by atoms with Gasteiger partial charge in [-0.05, 0) is 63.3 Å². The number of hydrogen-bond acceptors (Lipinski definition) is 4. The molecule has 1 aromatic heterocycles. The molecule has 0 radical (unpaired) electrons. The van der Waals surface area contributed by atoms with Gasteiger partial charge in [0, 0.05) is 35.3 Å². The monoisotopic (exact) mass is 425 g/mol. The lowest BCUT2D eigenvalue weighted by Crippen LogP contribution is -2.39. The highest BCUT2D eigenvalue weighted by Gasteiger charge is 2.41. The molecular weight excluding hydrogens is 397 g/mol. The average Bonchev–Trinajstić information content (AvgIpc) is 3.01. The molecular formula is C25H28FNO4. The standard InChI is InChI=1S/C25H28FNO4/c1-15-10-22(16(2)27(15)13-17-6-8-21(26)9-7-17)23(28)14-31-25(30)20-11-18-4-3-5-19(12-20)24(18)29/h6-10,18-20H,3-5,11-14H2,1-2H3. The van der Waals surface area contributed by atoms with Crippen LogP contribution in [0.3, 0.4) is 0 Å². The lowest BCUT2D eigenvalue weighted by molar-refractivity contribution is -0.152. The minimum absolute atomic E-state index is 0.0221. The summed E-state index contributed by atoms with van der Waals surface area (Å²) in [7, 11) is 0. The molecule has 1 heterocycles. The van der Waals surface area contributed by atoms with Gasteiger partial charge in [-0.25, -0.2) is 4.39 Å². The number of Topliss-reactive ketones (excluding diaryl/α,β-unsaturated/α-hetero) is 2. The normalized spacial score (nSPS) is 22.9. The van der Waals surface area contributed by atoms with E-state index >= 15 is 0 Å². The number of halogens is 1. The first-order chi connectivity index (χ1) is 14.8. The van der Waals surface area contributed by atoms with Crippen LogP contribution in [0, 0.1) is 37.4 Å². The van der Waals surface area contributed by atoms with Gasteiger partial charge in [0.15, 0.2) is 6.61 Å². The van der Waals surface area contributed by atoms with Crippen molar-refractivity contribution < 1.29 is 23.5 Å². The van der Waals surface area contributed by atoms with E-state index in [4.69, 9.17) is 4.74 Å². The van der Waals surface area contributed by atoms with Gasteiger partial charge in [0.1, 0.15) is 11.6 Å². The molecule has 164 valence electrons. The van der Waals surface area contributed by atoms with E-state index in [1.165, 1.54) is 12.1 Å². The largest absolute Gasteiger partial charge is 0.457 e. The van der Waals surface area contributed by atoms with E-state index in [9.17, 15) is 18.8 Å². The second kappa shape index (κ2) is 8.77. The Hall–Kier alpha value is -2.76. The third-order valence-electron chi connectivity index (χ3n) is 6.85. The van der Waals surface area contributed by atoms with Crippen LogP contribution >= 0.6 is 0 Å². The molecule has 31 heavy (non-hydrogen) atoms. The third kappa shape index (κ3) is 4.48. The van der Waals surface area contributed by atoms with Crippen molar-refractivity contribution in [1.29, 1.82) is 0 Å². The molecule has 2 atom stereocenters. The van der Waals surface area contributed by atoms with Gasteiger partial charge in [-0.15, -0.1) is 0 Å². The number of nitrogens with zero attached hydrogens (tertiary/aromatic N) is 1. The maximum atomic E-state index is 13.2. The van der Waals surface area contributed by atoms with Gasteiger partial charge < -0.3 is 9.30 Å². The molecule has 2 bridgehead atoms. The Morgan fingerprint density at radius 2 is 1.74 bits per heavy atom. The van der Waals surface area contributed by atoms with E-state index < -0.39 is 0 Å². The molecule has 0 amide bonds. The summed E-state index contributed by atoms with van der Waals surface area (Å²) in [5, 5.41) is 0. The fourth-order valence-electron chi connectivity index (χ4n) is 5.10. The van der Waals surface area contributed by atoms with Crippen LogP contribution in [0.25, 0.3) is 0 Å². The Bertz CT molecular complexity index is 991. The molecule has 0 spiro atoms. The first kappa shape index (κ1) is 21.5. The Morgan fingerprint density at radius 3 is 2.39 bits per heavy atom. The van der Waals surface area contributed by atoms with Crippen LogP contribution in [0.15, 0.2) is 30.3 Å². The Balaban J connectivity index is 1.38. The number of benzene rings is 1. The van der Waals surface area contributed by atoms with Crippen molar-refractivity contribution in [2.24, 2.45) is 17.8 Å². The highest BCUT2D eigenvalue weighted by molar-refractivity contribution is 5.99. The highest BCUT2D eigenvalue weighted by atomic mass is 19.1. The van der Waals surface area contributed by atoms with E-state index in [1.807, 2.05) is 18.4 Å². The molecule has 2 aromatic rings. The van der Waals surface area contributed by atoms with Crippen molar-refractivity contribution in [3.8, 4) is 0 Å². The summed E-state index contributed by atoms with van der Waals surface area (Å²) >= 11 is 0. The summed E-state index contributed by atoms with van der Waals surface area (Å²) < 4.78 is 20.5. The van der Waals surface area contributed by atoms with Gasteiger partial charge >= 0.3 is 5.97 Å². The van der Waals surface area contributed by atoms with Crippen molar-refractivity contribution in [3.05, 3.63) is 58.7 Å². The Morgan fingerprint density at radius 1 is 1.10 bits per heavy atom. The summed E-state index contributed by atoms with van der Waals surface area (Å²) in [5.41, 5.74) is 3.17. The summed E-state index contributed by atoms with van der Waals surface area (Å²) in [4.78, 5) is 37.6. The number of esters is 1. The van der Waals surface area contributed by atoms with Gasteiger partial charge in [-0.3, -0.25) is 14.4 Å². The second-order valence-electron chi connectivity index (χ2n) is 8.92. The molecule has 5 nitrogen and oxygen atoms in total. The first-order valence-corrected chi connectivity index (χ1v) is 11.0. The predicted octanol–water partition coefficient (Wildman–Crippen LogP) is 4.41. The van der Waals surface area contributed by atoms with Crippen LogP contribution in [0.5, 0.6) is 0 Å². The predicted molar refractivity (Wildman–Crippen MR) is 113 cm³/mol. The quantitative estimate of drug-likeness (QED) is 0.508. The maximum absolute atomic E-state index is 13.2. The molecule has 2 aliphatic rings. The number of carbonyl (C=O) groups is 3. The number of rotatable bonds is 6. The fourth-order valence-corrected chi connectivity index (χ4v) is 5.10. The number of aromatic nitrogens is 1. The zero-order chi connectivity index (χ0) is 22.1. The summed E-state index contributed by atoms with van der Waals surface area (Å²) in [5.74, 6) is -0.908. The van der Waals surface area contributed by atoms with Crippen molar-refractivity contribution >= 4 is 17.5 Å². The van der Waals surface area contributed by atoms with Crippen molar-refractivity contribution in [1.82, 2.24) is 4.57 Å². The summed E-state index contributed by atoms with van der Waals surface area (Å²) in [6.45, 7) is 4.01. The van der Waals surface area contributed by atoms with Gasteiger partial charge in [0.25, 0.3) is 0 Å². The van der Waals surface area contributed by atoms with Gasteiger partial charge in [0.05, 0.1) is 5.92 Å². The smallest absolute Gasteiger partial charge is 0.309 e. The minimum atomic E-state index is -0.363. The molecule has 4 rings (SSSR count). The lowest BCUT2D eigenvalue weighted by atomic mass is 9.67. The maximum Gasteiger partial charge on any atom is 0.309 e. The van der Waals surface area contributed by atoms with Crippen molar-refractivity contribution in [2.75, 3.05) is 6.61 Å². The molecule has 1 aromatic carbocycles. The van der Waals surface area contributed by atoms with E-state index in [-0.39, 0.29) is 41.9 Å².